The average Bonchev–Trinajstić information content (AvgIpc) is 2.14. The van der Waals surface area contributed by atoms with Crippen LogP contribution >= 0.6 is 0 Å². The fourth-order valence-corrected chi connectivity index (χ4v) is 5.22. The highest BCUT2D eigenvalue weighted by molar-refractivity contribution is 6.79. The van der Waals surface area contributed by atoms with Crippen LogP contribution in [0, 0.1) is 0 Å². The van der Waals surface area contributed by atoms with Crippen LogP contribution in [0.4, 0.5) is 0 Å². The molecule has 0 amide bonds. The smallest absolute Gasteiger partial charge is 0.0959 e. The van der Waals surface area contributed by atoms with Gasteiger partial charge in [-0.3, -0.25) is 0 Å². The van der Waals surface area contributed by atoms with Crippen molar-refractivity contribution in [1.82, 2.24) is 0 Å². The molecule has 0 bridgehead atoms. The van der Waals surface area contributed by atoms with Gasteiger partial charge < -0.3 is 4.74 Å². The van der Waals surface area contributed by atoms with Crippen LogP contribution in [0.2, 0.25) is 50.4 Å². The van der Waals surface area contributed by atoms with Crippen LogP contribution in [0.3, 0.4) is 0 Å². The highest BCUT2D eigenvalue weighted by Gasteiger charge is 2.34. The minimum absolute atomic E-state index is 0.560. The molecule has 0 heterocycles. The van der Waals surface area contributed by atoms with Crippen molar-refractivity contribution in [3.05, 3.63) is 24.0 Å². The molecular formula is C13H26OSi2. The molecule has 0 radical (unpaired) electrons. The predicted octanol–water partition coefficient (Wildman–Crippen LogP) is 4.50. The van der Waals surface area contributed by atoms with E-state index in [-0.39, 0.29) is 0 Å². The molecule has 0 aromatic rings. The van der Waals surface area contributed by atoms with Gasteiger partial charge in [-0.15, -0.1) is 0 Å². The Hall–Kier alpha value is -0.286. The molecule has 0 saturated heterocycles. The molecule has 16 heavy (non-hydrogen) atoms. The summed E-state index contributed by atoms with van der Waals surface area (Å²) in [6, 6.07) is 0. The Morgan fingerprint density at radius 2 is 1.50 bits per heavy atom. The van der Waals surface area contributed by atoms with Crippen LogP contribution < -0.4 is 0 Å². The van der Waals surface area contributed by atoms with Crippen molar-refractivity contribution in [2.45, 2.75) is 50.4 Å². The van der Waals surface area contributed by atoms with Crippen molar-refractivity contribution in [3.63, 3.8) is 0 Å². The summed E-state index contributed by atoms with van der Waals surface area (Å²) in [6.45, 7) is 14.5. The standard InChI is InChI=1S/C13H26OSi2/c1-14-12-10-11(15(2,3)4)8-9-13(12)16(5,6)7/h8-11,13H,1-7H3. The van der Waals surface area contributed by atoms with Crippen molar-refractivity contribution in [3.8, 4) is 0 Å². The van der Waals surface area contributed by atoms with Crippen molar-refractivity contribution in [1.29, 1.82) is 0 Å². The fourth-order valence-electron chi connectivity index (χ4n) is 2.11. The Bertz CT molecular complexity index is 305. The van der Waals surface area contributed by atoms with Gasteiger partial charge in [0.1, 0.15) is 0 Å². The lowest BCUT2D eigenvalue weighted by molar-refractivity contribution is 0.280. The lowest BCUT2D eigenvalue weighted by atomic mass is 10.1. The third-order valence-corrected chi connectivity index (χ3v) is 8.03. The Kier molecular flexibility index (Phi) is 3.90. The highest BCUT2D eigenvalue weighted by Crippen LogP contribution is 2.40. The first-order valence-corrected chi connectivity index (χ1v) is 13.3. The Morgan fingerprint density at radius 1 is 0.938 bits per heavy atom. The molecule has 2 unspecified atom stereocenters. The molecule has 1 nitrogen and oxygen atoms in total. The van der Waals surface area contributed by atoms with Gasteiger partial charge in [-0.05, 0) is 11.6 Å². The number of ether oxygens (including phenoxy) is 1. The van der Waals surface area contributed by atoms with Crippen LogP contribution in [0.25, 0.3) is 0 Å². The number of rotatable bonds is 3. The summed E-state index contributed by atoms with van der Waals surface area (Å²) < 4.78 is 5.62. The predicted molar refractivity (Wildman–Crippen MR) is 78.4 cm³/mol. The topological polar surface area (TPSA) is 9.23 Å². The summed E-state index contributed by atoms with van der Waals surface area (Å²) in [6.07, 6.45) is 7.22. The van der Waals surface area contributed by atoms with Gasteiger partial charge in [0.25, 0.3) is 0 Å². The average molecular weight is 255 g/mol. The second-order valence-electron chi connectivity index (χ2n) is 6.89. The quantitative estimate of drug-likeness (QED) is 0.532. The van der Waals surface area contributed by atoms with Gasteiger partial charge in [-0.25, -0.2) is 0 Å². The first kappa shape index (κ1) is 13.8. The maximum absolute atomic E-state index is 5.62. The molecular weight excluding hydrogens is 228 g/mol. The van der Waals surface area contributed by atoms with E-state index in [0.29, 0.717) is 11.1 Å². The number of methoxy groups -OCH3 is 1. The van der Waals surface area contributed by atoms with E-state index in [4.69, 9.17) is 4.74 Å². The first-order chi connectivity index (χ1) is 7.16. The van der Waals surface area contributed by atoms with E-state index in [1.54, 1.807) is 0 Å². The summed E-state index contributed by atoms with van der Waals surface area (Å²) in [7, 11) is -0.506. The summed E-state index contributed by atoms with van der Waals surface area (Å²) in [5.74, 6) is 1.22. The molecule has 1 aliphatic rings. The Balaban J connectivity index is 2.97. The van der Waals surface area contributed by atoms with Crippen molar-refractivity contribution >= 4 is 16.1 Å². The zero-order chi connectivity index (χ0) is 12.6. The van der Waals surface area contributed by atoms with Crippen LogP contribution in [-0.4, -0.2) is 23.3 Å². The first-order valence-electron chi connectivity index (χ1n) is 6.10. The molecule has 0 aromatic heterocycles. The van der Waals surface area contributed by atoms with Crippen LogP contribution in [-0.2, 0) is 4.74 Å². The largest absolute Gasteiger partial charge is 0.501 e. The Labute approximate surface area is 103 Å². The summed E-state index contributed by atoms with van der Waals surface area (Å²) in [5.41, 5.74) is 1.19. The SMILES string of the molecule is COC1=CC([Si](C)(C)C)C=CC1[Si](C)(C)C. The summed E-state index contributed by atoms with van der Waals surface area (Å²) >= 11 is 0. The second-order valence-corrected chi connectivity index (χ2v) is 17.6. The lowest BCUT2D eigenvalue weighted by Gasteiger charge is -2.34. The molecule has 1 aliphatic carbocycles. The van der Waals surface area contributed by atoms with Gasteiger partial charge in [-0.2, -0.15) is 0 Å². The summed E-state index contributed by atoms with van der Waals surface area (Å²) in [4.78, 5) is 0. The minimum Gasteiger partial charge on any atom is -0.501 e. The van der Waals surface area contributed by atoms with Crippen LogP contribution in [0.5, 0.6) is 0 Å². The van der Waals surface area contributed by atoms with E-state index in [1.807, 2.05) is 7.11 Å². The Morgan fingerprint density at radius 3 is 1.88 bits per heavy atom. The number of hydrogen-bond donors (Lipinski definition) is 0. The van der Waals surface area contributed by atoms with Gasteiger partial charge in [-0.1, -0.05) is 51.4 Å². The molecule has 0 fully saturated rings. The zero-order valence-corrected chi connectivity index (χ0v) is 13.8. The van der Waals surface area contributed by atoms with Gasteiger partial charge in [0.15, 0.2) is 0 Å². The molecule has 0 aliphatic heterocycles. The normalized spacial score (nSPS) is 26.6. The van der Waals surface area contributed by atoms with Crippen molar-refractivity contribution in [2.75, 3.05) is 7.11 Å². The lowest BCUT2D eigenvalue weighted by Crippen LogP contribution is -2.33. The van der Waals surface area contributed by atoms with Gasteiger partial charge >= 0.3 is 0 Å². The molecule has 0 saturated carbocycles. The molecule has 0 spiro atoms. The maximum Gasteiger partial charge on any atom is 0.0959 e. The number of allylic oxidation sites excluding steroid dienone is 3. The van der Waals surface area contributed by atoms with Crippen molar-refractivity contribution < 1.29 is 4.74 Å². The second kappa shape index (κ2) is 4.53. The van der Waals surface area contributed by atoms with Gasteiger partial charge in [0.2, 0.25) is 0 Å². The molecule has 3 heteroatoms. The number of hydrogen-bond acceptors (Lipinski definition) is 1. The molecule has 92 valence electrons. The molecule has 0 N–H and O–H groups in total. The van der Waals surface area contributed by atoms with Gasteiger partial charge in [0, 0.05) is 5.54 Å². The fraction of sp³-hybridized carbons (Fsp3) is 0.692. The monoisotopic (exact) mass is 254 g/mol. The van der Waals surface area contributed by atoms with E-state index in [2.05, 4.69) is 57.5 Å². The third-order valence-electron chi connectivity index (χ3n) is 3.33. The van der Waals surface area contributed by atoms with E-state index < -0.39 is 16.1 Å². The third kappa shape index (κ3) is 3.11. The van der Waals surface area contributed by atoms with E-state index >= 15 is 0 Å². The summed E-state index contributed by atoms with van der Waals surface area (Å²) in [5, 5.41) is 0. The molecule has 0 aromatic carbocycles. The van der Waals surface area contributed by atoms with E-state index in [0.717, 1.165) is 0 Å². The molecule has 2 atom stereocenters. The maximum atomic E-state index is 5.62. The van der Waals surface area contributed by atoms with E-state index in [9.17, 15) is 0 Å². The highest BCUT2D eigenvalue weighted by atomic mass is 28.3. The molecule has 1 rings (SSSR count). The van der Waals surface area contributed by atoms with E-state index in [1.165, 1.54) is 5.76 Å². The van der Waals surface area contributed by atoms with Crippen molar-refractivity contribution in [2.24, 2.45) is 0 Å². The zero-order valence-electron chi connectivity index (χ0n) is 11.8. The van der Waals surface area contributed by atoms with Crippen LogP contribution in [0.15, 0.2) is 24.0 Å². The minimum atomic E-state index is -1.19. The van der Waals surface area contributed by atoms with Crippen LogP contribution in [0.1, 0.15) is 0 Å². The van der Waals surface area contributed by atoms with Gasteiger partial charge in [0.05, 0.1) is 29.0 Å².